The molecule has 7 heteroatoms. The van der Waals surface area contributed by atoms with Crippen LogP contribution in [0.4, 0.5) is 5.69 Å². The molecule has 2 rings (SSSR count). The molecular weight excluding hydrogens is 254 g/mol. The first-order valence-corrected chi connectivity index (χ1v) is 5.72. The number of amides is 1. The number of nitrogen functional groups attached to an aromatic ring is 1. The van der Waals surface area contributed by atoms with E-state index >= 15 is 0 Å². The number of anilines is 1. The van der Waals surface area contributed by atoms with Crippen LogP contribution in [-0.4, -0.2) is 27.4 Å². The van der Waals surface area contributed by atoms with Gasteiger partial charge in [-0.2, -0.15) is 0 Å². The topological polar surface area (TPSA) is 96.7 Å². The lowest BCUT2D eigenvalue weighted by Crippen LogP contribution is -2.26. The Bertz CT molecular complexity index is 540. The maximum atomic E-state index is 11.8. The average molecular weight is 266 g/mol. The van der Waals surface area contributed by atoms with Crippen LogP contribution in [0.15, 0.2) is 24.7 Å². The number of carbonyl (C=O) groups is 1. The van der Waals surface area contributed by atoms with Crippen molar-refractivity contribution in [1.82, 2.24) is 20.3 Å². The molecule has 0 saturated heterocycles. The highest BCUT2D eigenvalue weighted by Gasteiger charge is 2.11. The number of carbonyl (C=O) groups excluding carboxylic acids is 1. The quantitative estimate of drug-likeness (QED) is 0.719. The molecule has 0 bridgehead atoms. The molecule has 0 aromatic carbocycles. The van der Waals surface area contributed by atoms with Gasteiger partial charge in [0.05, 0.1) is 17.4 Å². The summed E-state index contributed by atoms with van der Waals surface area (Å²) in [7, 11) is 0. The summed E-state index contributed by atoms with van der Waals surface area (Å²) < 4.78 is 0. The molecule has 0 aliphatic carbocycles. The van der Waals surface area contributed by atoms with Gasteiger partial charge in [-0.1, -0.05) is 11.6 Å². The number of aromatic nitrogens is 3. The van der Waals surface area contributed by atoms with E-state index in [1.807, 2.05) is 0 Å². The molecule has 0 unspecified atom stereocenters. The average Bonchev–Trinajstić information content (AvgIpc) is 2.85. The van der Waals surface area contributed by atoms with Crippen molar-refractivity contribution in [3.05, 3.63) is 41.2 Å². The maximum Gasteiger partial charge on any atom is 0.254 e. The van der Waals surface area contributed by atoms with Crippen LogP contribution in [0, 0.1) is 0 Å². The van der Waals surface area contributed by atoms with Gasteiger partial charge in [-0.3, -0.25) is 4.79 Å². The second-order valence-corrected chi connectivity index (χ2v) is 4.01. The van der Waals surface area contributed by atoms with Gasteiger partial charge >= 0.3 is 0 Å². The van der Waals surface area contributed by atoms with Gasteiger partial charge in [0.2, 0.25) is 0 Å². The molecule has 4 N–H and O–H groups in total. The first kappa shape index (κ1) is 12.4. The van der Waals surface area contributed by atoms with Crippen LogP contribution < -0.4 is 11.1 Å². The van der Waals surface area contributed by atoms with Crippen LogP contribution in [0.5, 0.6) is 0 Å². The fourth-order valence-corrected chi connectivity index (χ4v) is 1.64. The highest BCUT2D eigenvalue weighted by molar-refractivity contribution is 6.32. The van der Waals surface area contributed by atoms with E-state index in [-0.39, 0.29) is 16.6 Å². The van der Waals surface area contributed by atoms with E-state index in [1.54, 1.807) is 12.4 Å². The second-order valence-electron chi connectivity index (χ2n) is 3.65. The summed E-state index contributed by atoms with van der Waals surface area (Å²) in [4.78, 5) is 22.6. The molecule has 0 spiro atoms. The van der Waals surface area contributed by atoms with Crippen LogP contribution in [0.2, 0.25) is 5.15 Å². The van der Waals surface area contributed by atoms with Crippen molar-refractivity contribution in [1.29, 1.82) is 0 Å². The number of H-pyrrole nitrogens is 1. The Morgan fingerprint density at radius 1 is 1.50 bits per heavy atom. The van der Waals surface area contributed by atoms with Crippen LogP contribution in [0.1, 0.15) is 16.2 Å². The lowest BCUT2D eigenvalue weighted by atomic mass is 10.2. The molecule has 1 amide bonds. The lowest BCUT2D eigenvalue weighted by molar-refractivity contribution is 0.0954. The van der Waals surface area contributed by atoms with E-state index in [4.69, 9.17) is 17.3 Å². The molecule has 18 heavy (non-hydrogen) atoms. The van der Waals surface area contributed by atoms with Crippen molar-refractivity contribution < 1.29 is 4.79 Å². The van der Waals surface area contributed by atoms with Crippen LogP contribution in [-0.2, 0) is 6.42 Å². The highest BCUT2D eigenvalue weighted by Crippen LogP contribution is 2.15. The van der Waals surface area contributed by atoms with Crippen molar-refractivity contribution in [2.45, 2.75) is 6.42 Å². The Kier molecular flexibility index (Phi) is 3.78. The molecule has 0 radical (unpaired) electrons. The zero-order chi connectivity index (χ0) is 13.0. The number of hydrogen-bond donors (Lipinski definition) is 3. The number of pyridine rings is 1. The summed E-state index contributed by atoms with van der Waals surface area (Å²) in [6.45, 7) is 0.456. The smallest absolute Gasteiger partial charge is 0.254 e. The highest BCUT2D eigenvalue weighted by atomic mass is 35.5. The summed E-state index contributed by atoms with van der Waals surface area (Å²) in [6, 6.07) is 1.50. The summed E-state index contributed by atoms with van der Waals surface area (Å²) in [6.07, 6.45) is 5.42. The van der Waals surface area contributed by atoms with Gasteiger partial charge in [0, 0.05) is 25.4 Å². The molecule has 2 aromatic rings. The minimum absolute atomic E-state index is 0.139. The number of nitrogens with two attached hydrogens (primary N) is 1. The van der Waals surface area contributed by atoms with E-state index in [0.29, 0.717) is 18.7 Å². The van der Waals surface area contributed by atoms with Crippen LogP contribution in [0.3, 0.4) is 0 Å². The Labute approximate surface area is 109 Å². The van der Waals surface area contributed by atoms with Crippen LogP contribution >= 0.6 is 11.6 Å². The van der Waals surface area contributed by atoms with E-state index in [9.17, 15) is 4.79 Å². The number of imidazole rings is 1. The largest absolute Gasteiger partial charge is 0.397 e. The van der Waals surface area contributed by atoms with E-state index in [1.165, 1.54) is 12.3 Å². The Balaban J connectivity index is 1.93. The SMILES string of the molecule is Nc1cnc(Cl)c(C(=O)NCCc2ncc[nH]2)c1. The Morgan fingerprint density at radius 2 is 2.33 bits per heavy atom. The van der Waals surface area contributed by atoms with Gasteiger partial charge in [-0.25, -0.2) is 9.97 Å². The third-order valence-electron chi connectivity index (χ3n) is 2.31. The van der Waals surface area contributed by atoms with Crippen molar-refractivity contribution >= 4 is 23.2 Å². The molecule has 94 valence electrons. The zero-order valence-corrected chi connectivity index (χ0v) is 10.2. The molecule has 2 heterocycles. The predicted molar refractivity (Wildman–Crippen MR) is 68.3 cm³/mol. The summed E-state index contributed by atoms with van der Waals surface area (Å²) in [5.74, 6) is 0.512. The third kappa shape index (κ3) is 2.98. The van der Waals surface area contributed by atoms with Gasteiger partial charge < -0.3 is 16.0 Å². The van der Waals surface area contributed by atoms with E-state index in [0.717, 1.165) is 5.82 Å². The minimum Gasteiger partial charge on any atom is -0.397 e. The fraction of sp³-hybridized carbons (Fsp3) is 0.182. The molecule has 2 aromatic heterocycles. The first-order chi connectivity index (χ1) is 8.66. The predicted octanol–water partition coefficient (Wildman–Crippen LogP) is 1.01. The molecular formula is C11H12ClN5O. The number of halogens is 1. The number of hydrogen-bond acceptors (Lipinski definition) is 4. The maximum absolute atomic E-state index is 11.8. The zero-order valence-electron chi connectivity index (χ0n) is 9.48. The monoisotopic (exact) mass is 265 g/mol. The molecule has 0 saturated carbocycles. The lowest BCUT2D eigenvalue weighted by Gasteiger charge is -2.06. The van der Waals surface area contributed by atoms with Gasteiger partial charge in [-0.15, -0.1) is 0 Å². The van der Waals surface area contributed by atoms with Crippen LogP contribution in [0.25, 0.3) is 0 Å². The van der Waals surface area contributed by atoms with E-state index in [2.05, 4.69) is 20.3 Å². The third-order valence-corrected chi connectivity index (χ3v) is 2.61. The van der Waals surface area contributed by atoms with Gasteiger partial charge in [0.1, 0.15) is 11.0 Å². The summed E-state index contributed by atoms with van der Waals surface area (Å²) in [5.41, 5.74) is 6.23. The van der Waals surface area contributed by atoms with Crippen molar-refractivity contribution in [3.63, 3.8) is 0 Å². The van der Waals surface area contributed by atoms with Crippen molar-refractivity contribution in [3.8, 4) is 0 Å². The second kappa shape index (κ2) is 5.50. The number of aromatic amines is 1. The standard InChI is InChI=1S/C11H12ClN5O/c12-10-8(5-7(13)6-17-10)11(18)16-2-1-9-14-3-4-15-9/h3-6H,1-2,13H2,(H,14,15)(H,16,18). The number of nitrogens with one attached hydrogen (secondary N) is 2. The molecule has 0 aliphatic rings. The first-order valence-electron chi connectivity index (χ1n) is 5.34. The molecule has 0 aliphatic heterocycles. The normalized spacial score (nSPS) is 10.3. The Morgan fingerprint density at radius 3 is 3.06 bits per heavy atom. The van der Waals surface area contributed by atoms with Gasteiger partial charge in [0.25, 0.3) is 5.91 Å². The number of nitrogens with zero attached hydrogens (tertiary/aromatic N) is 2. The van der Waals surface area contributed by atoms with Crippen molar-refractivity contribution in [2.24, 2.45) is 0 Å². The Hall–Kier alpha value is -2.08. The molecule has 0 fully saturated rings. The van der Waals surface area contributed by atoms with E-state index < -0.39 is 0 Å². The van der Waals surface area contributed by atoms with Gasteiger partial charge in [0.15, 0.2) is 0 Å². The van der Waals surface area contributed by atoms with Crippen molar-refractivity contribution in [2.75, 3.05) is 12.3 Å². The van der Waals surface area contributed by atoms with Gasteiger partial charge in [-0.05, 0) is 6.07 Å². The number of rotatable bonds is 4. The fourth-order valence-electron chi connectivity index (χ4n) is 1.45. The molecule has 6 nitrogen and oxygen atoms in total. The summed E-state index contributed by atoms with van der Waals surface area (Å²) >= 11 is 5.82. The summed E-state index contributed by atoms with van der Waals surface area (Å²) in [5, 5.41) is 2.86. The minimum atomic E-state index is -0.300. The molecule has 0 atom stereocenters.